The third kappa shape index (κ3) is 4.39. The van der Waals surface area contributed by atoms with Crippen LogP contribution in [0.15, 0.2) is 51.4 Å². The molecular formula is C17H20Br2N2. The van der Waals surface area contributed by atoms with Gasteiger partial charge in [0.1, 0.15) is 0 Å². The van der Waals surface area contributed by atoms with Gasteiger partial charge in [-0.1, -0.05) is 56.1 Å². The summed E-state index contributed by atoms with van der Waals surface area (Å²) in [5.41, 5.74) is 9.79. The fraction of sp³-hybridized carbons (Fsp3) is 0.294. The zero-order valence-electron chi connectivity index (χ0n) is 12.3. The SMILES string of the molecule is Cc1cc(C(CN)N(C)Cc2cccc(Br)c2)ccc1Br. The van der Waals surface area contributed by atoms with Crippen molar-refractivity contribution < 1.29 is 0 Å². The second-order valence-corrected chi connectivity index (χ2v) is 7.08. The topological polar surface area (TPSA) is 29.3 Å². The van der Waals surface area contributed by atoms with Gasteiger partial charge in [-0.25, -0.2) is 0 Å². The highest BCUT2D eigenvalue weighted by molar-refractivity contribution is 9.10. The maximum absolute atomic E-state index is 6.01. The van der Waals surface area contributed by atoms with Gasteiger partial charge in [-0.05, 0) is 48.9 Å². The van der Waals surface area contributed by atoms with E-state index < -0.39 is 0 Å². The molecule has 1 unspecified atom stereocenters. The van der Waals surface area contributed by atoms with Gasteiger partial charge in [0.2, 0.25) is 0 Å². The molecule has 2 nitrogen and oxygen atoms in total. The minimum absolute atomic E-state index is 0.218. The number of nitrogens with zero attached hydrogens (tertiary/aromatic N) is 1. The van der Waals surface area contributed by atoms with E-state index in [1.807, 2.05) is 6.07 Å². The highest BCUT2D eigenvalue weighted by Gasteiger charge is 2.16. The molecule has 0 aliphatic heterocycles. The van der Waals surface area contributed by atoms with Crippen LogP contribution in [0.1, 0.15) is 22.7 Å². The summed E-state index contributed by atoms with van der Waals surface area (Å²) < 4.78 is 2.24. The first-order valence-electron chi connectivity index (χ1n) is 6.92. The summed E-state index contributed by atoms with van der Waals surface area (Å²) in [5.74, 6) is 0. The van der Waals surface area contributed by atoms with Gasteiger partial charge in [0.15, 0.2) is 0 Å². The Morgan fingerprint density at radius 3 is 2.52 bits per heavy atom. The maximum Gasteiger partial charge on any atom is 0.0471 e. The van der Waals surface area contributed by atoms with Gasteiger partial charge in [-0.2, -0.15) is 0 Å². The van der Waals surface area contributed by atoms with E-state index in [-0.39, 0.29) is 6.04 Å². The number of likely N-dealkylation sites (N-methyl/N-ethyl adjacent to an activating group) is 1. The van der Waals surface area contributed by atoms with Crippen molar-refractivity contribution in [2.75, 3.05) is 13.6 Å². The molecule has 0 aliphatic rings. The van der Waals surface area contributed by atoms with Crippen LogP contribution < -0.4 is 5.73 Å². The molecule has 2 aromatic carbocycles. The highest BCUT2D eigenvalue weighted by atomic mass is 79.9. The van der Waals surface area contributed by atoms with E-state index in [9.17, 15) is 0 Å². The number of hydrogen-bond donors (Lipinski definition) is 1. The number of aryl methyl sites for hydroxylation is 1. The van der Waals surface area contributed by atoms with Gasteiger partial charge < -0.3 is 5.73 Å². The van der Waals surface area contributed by atoms with Gasteiger partial charge in [-0.3, -0.25) is 4.90 Å². The fourth-order valence-corrected chi connectivity index (χ4v) is 3.17. The van der Waals surface area contributed by atoms with Gasteiger partial charge in [0, 0.05) is 28.1 Å². The molecule has 2 aromatic rings. The van der Waals surface area contributed by atoms with Crippen LogP contribution in [-0.2, 0) is 6.54 Å². The molecule has 0 aromatic heterocycles. The van der Waals surface area contributed by atoms with E-state index in [4.69, 9.17) is 5.73 Å². The molecule has 2 N–H and O–H groups in total. The Balaban J connectivity index is 2.18. The molecule has 0 amide bonds. The number of rotatable bonds is 5. The Morgan fingerprint density at radius 2 is 1.90 bits per heavy atom. The van der Waals surface area contributed by atoms with Gasteiger partial charge in [0.25, 0.3) is 0 Å². The molecule has 0 spiro atoms. The van der Waals surface area contributed by atoms with Crippen LogP contribution in [0.3, 0.4) is 0 Å². The van der Waals surface area contributed by atoms with Crippen LogP contribution in [0.25, 0.3) is 0 Å². The van der Waals surface area contributed by atoms with Crippen molar-refractivity contribution in [2.45, 2.75) is 19.5 Å². The summed E-state index contributed by atoms with van der Waals surface area (Å²) in [6.07, 6.45) is 0. The summed E-state index contributed by atoms with van der Waals surface area (Å²) in [5, 5.41) is 0. The number of nitrogens with two attached hydrogens (primary N) is 1. The fourth-order valence-electron chi connectivity index (χ4n) is 2.48. The second-order valence-electron chi connectivity index (χ2n) is 5.31. The molecule has 2 rings (SSSR count). The van der Waals surface area contributed by atoms with Crippen molar-refractivity contribution in [3.05, 3.63) is 68.1 Å². The standard InChI is InChI=1S/C17H20Br2N2/c1-12-8-14(6-7-16(12)19)17(10-20)21(2)11-13-4-3-5-15(18)9-13/h3-9,17H,10-11,20H2,1-2H3. The molecule has 4 heteroatoms. The molecule has 112 valence electrons. The summed E-state index contributed by atoms with van der Waals surface area (Å²) in [6.45, 7) is 3.58. The van der Waals surface area contributed by atoms with Gasteiger partial charge >= 0.3 is 0 Å². The van der Waals surface area contributed by atoms with Crippen LogP contribution in [0.4, 0.5) is 0 Å². The normalized spacial score (nSPS) is 12.7. The van der Waals surface area contributed by atoms with E-state index in [2.05, 4.69) is 87.1 Å². The second kappa shape index (κ2) is 7.54. The molecule has 0 saturated heterocycles. The third-order valence-corrected chi connectivity index (χ3v) is 5.03. The highest BCUT2D eigenvalue weighted by Crippen LogP contribution is 2.25. The van der Waals surface area contributed by atoms with Crippen LogP contribution >= 0.6 is 31.9 Å². The summed E-state index contributed by atoms with van der Waals surface area (Å²) in [6, 6.07) is 15.1. The molecule has 21 heavy (non-hydrogen) atoms. The lowest BCUT2D eigenvalue weighted by molar-refractivity contribution is 0.241. The average Bonchev–Trinajstić information content (AvgIpc) is 2.43. The molecule has 0 fully saturated rings. The summed E-state index contributed by atoms with van der Waals surface area (Å²) in [4.78, 5) is 2.30. The van der Waals surface area contributed by atoms with Crippen molar-refractivity contribution in [1.29, 1.82) is 0 Å². The summed E-state index contributed by atoms with van der Waals surface area (Å²) in [7, 11) is 2.12. The van der Waals surface area contributed by atoms with Crippen molar-refractivity contribution in [2.24, 2.45) is 5.73 Å². The van der Waals surface area contributed by atoms with Crippen LogP contribution in [-0.4, -0.2) is 18.5 Å². The Bertz CT molecular complexity index is 613. The van der Waals surface area contributed by atoms with Gasteiger partial charge in [0.05, 0.1) is 0 Å². The maximum atomic E-state index is 6.01. The van der Waals surface area contributed by atoms with Crippen molar-refractivity contribution in [1.82, 2.24) is 4.90 Å². The monoisotopic (exact) mass is 410 g/mol. The Morgan fingerprint density at radius 1 is 1.14 bits per heavy atom. The lowest BCUT2D eigenvalue weighted by Gasteiger charge is -2.28. The first-order chi connectivity index (χ1) is 10.0. The van der Waals surface area contributed by atoms with E-state index in [1.165, 1.54) is 16.7 Å². The van der Waals surface area contributed by atoms with E-state index in [1.54, 1.807) is 0 Å². The first kappa shape index (κ1) is 16.7. The molecule has 1 atom stereocenters. The molecule has 0 bridgehead atoms. The lowest BCUT2D eigenvalue weighted by atomic mass is 10.0. The zero-order chi connectivity index (χ0) is 15.4. The Labute approximate surface area is 143 Å². The minimum Gasteiger partial charge on any atom is -0.329 e. The van der Waals surface area contributed by atoms with Gasteiger partial charge in [-0.15, -0.1) is 0 Å². The largest absolute Gasteiger partial charge is 0.329 e. The first-order valence-corrected chi connectivity index (χ1v) is 8.50. The number of halogens is 2. The Hall–Kier alpha value is -0.680. The van der Waals surface area contributed by atoms with Crippen LogP contribution in [0.5, 0.6) is 0 Å². The van der Waals surface area contributed by atoms with E-state index >= 15 is 0 Å². The molecular weight excluding hydrogens is 392 g/mol. The lowest BCUT2D eigenvalue weighted by Crippen LogP contribution is -2.30. The minimum atomic E-state index is 0.218. The van der Waals surface area contributed by atoms with Crippen molar-refractivity contribution >= 4 is 31.9 Å². The molecule has 0 heterocycles. The number of hydrogen-bond acceptors (Lipinski definition) is 2. The zero-order valence-corrected chi connectivity index (χ0v) is 15.5. The molecule has 0 saturated carbocycles. The predicted molar refractivity (Wildman–Crippen MR) is 96.3 cm³/mol. The average molecular weight is 412 g/mol. The molecule has 0 aliphatic carbocycles. The Kier molecular flexibility index (Phi) is 5.99. The van der Waals surface area contributed by atoms with Crippen LogP contribution in [0.2, 0.25) is 0 Å². The van der Waals surface area contributed by atoms with Crippen LogP contribution in [0, 0.1) is 6.92 Å². The smallest absolute Gasteiger partial charge is 0.0471 e. The quantitative estimate of drug-likeness (QED) is 0.775. The van der Waals surface area contributed by atoms with E-state index in [0.29, 0.717) is 6.54 Å². The predicted octanol–water partition coefficient (Wildman–Crippen LogP) is 4.65. The number of benzene rings is 2. The summed E-state index contributed by atoms with van der Waals surface area (Å²) >= 11 is 7.07. The van der Waals surface area contributed by atoms with E-state index in [0.717, 1.165) is 15.5 Å². The van der Waals surface area contributed by atoms with Crippen molar-refractivity contribution in [3.8, 4) is 0 Å². The molecule has 0 radical (unpaired) electrons. The van der Waals surface area contributed by atoms with Crippen molar-refractivity contribution in [3.63, 3.8) is 0 Å². The third-order valence-electron chi connectivity index (χ3n) is 3.64.